The predicted molar refractivity (Wildman–Crippen MR) is 89.8 cm³/mol. The quantitative estimate of drug-likeness (QED) is 0.577. The molecule has 128 valence electrons. The number of fused-ring (bicyclic) bond motifs is 4. The molecule has 0 aromatic carbocycles. The van der Waals surface area contributed by atoms with Gasteiger partial charge in [-0.3, -0.25) is 0 Å². The second-order valence-electron chi connectivity index (χ2n) is 8.76. The normalized spacial score (nSPS) is 66.8. The van der Waals surface area contributed by atoms with Crippen LogP contribution in [0.2, 0.25) is 0 Å². The molecule has 6 heteroatoms. The average molecular weight is 450 g/mol. The second-order valence-corrected chi connectivity index (χ2v) is 10.5. The minimum atomic E-state index is -0.550. The van der Waals surface area contributed by atoms with Gasteiger partial charge in [0.25, 0.3) is 0 Å². The molecule has 6 rings (SSSR count). The summed E-state index contributed by atoms with van der Waals surface area (Å²) in [6.07, 6.45) is 3.10. The van der Waals surface area contributed by atoms with Gasteiger partial charge >= 0.3 is 0 Å². The van der Waals surface area contributed by atoms with E-state index in [0.717, 1.165) is 11.8 Å². The van der Waals surface area contributed by atoms with Gasteiger partial charge in [-0.05, 0) is 43.9 Å². The Morgan fingerprint density at radius 1 is 1.04 bits per heavy atom. The second kappa shape index (κ2) is 4.37. The van der Waals surface area contributed by atoms with Crippen LogP contribution in [0, 0.1) is 23.7 Å². The van der Waals surface area contributed by atoms with Crippen molar-refractivity contribution >= 4 is 31.9 Å². The van der Waals surface area contributed by atoms with Gasteiger partial charge in [0.15, 0.2) is 5.79 Å². The van der Waals surface area contributed by atoms with E-state index in [2.05, 4.69) is 31.9 Å². The van der Waals surface area contributed by atoms with Gasteiger partial charge < -0.3 is 18.9 Å². The van der Waals surface area contributed by atoms with Gasteiger partial charge in [-0.2, -0.15) is 0 Å². The maximum Gasteiger partial charge on any atom is 0.164 e. The van der Waals surface area contributed by atoms with Crippen LogP contribution in [0.25, 0.3) is 0 Å². The summed E-state index contributed by atoms with van der Waals surface area (Å²) in [5.41, 5.74) is -0.327. The molecule has 3 saturated heterocycles. The minimum absolute atomic E-state index is 0.0110. The Hall–Kier alpha value is 0.800. The maximum absolute atomic E-state index is 6.59. The lowest BCUT2D eigenvalue weighted by Gasteiger charge is -2.48. The SMILES string of the molecule is CC1(C)O[C@H]2[C@@H]3O[C@@H]4[C@@H](Br)[C@H]5C[C@@H]4[C@@H]3[C@H]5[C@@H]3O[C@@H](CBr)C[C@]23O1. The van der Waals surface area contributed by atoms with E-state index in [1.807, 2.05) is 13.8 Å². The topological polar surface area (TPSA) is 36.9 Å². The molecule has 0 unspecified atom stereocenters. The summed E-state index contributed by atoms with van der Waals surface area (Å²) >= 11 is 7.56. The molecular formula is C17H22Br2O4. The van der Waals surface area contributed by atoms with E-state index >= 15 is 0 Å². The van der Waals surface area contributed by atoms with E-state index in [4.69, 9.17) is 18.9 Å². The molecule has 2 bridgehead atoms. The highest BCUT2D eigenvalue weighted by Crippen LogP contribution is 2.70. The highest BCUT2D eigenvalue weighted by atomic mass is 79.9. The molecule has 4 nitrogen and oxygen atoms in total. The molecule has 3 saturated carbocycles. The van der Waals surface area contributed by atoms with Crippen LogP contribution < -0.4 is 0 Å². The molecule has 1 spiro atoms. The summed E-state index contributed by atoms with van der Waals surface area (Å²) in [5.74, 6) is 1.92. The largest absolute Gasteiger partial charge is 0.371 e. The number of rotatable bonds is 1. The first-order valence-electron chi connectivity index (χ1n) is 8.84. The summed E-state index contributed by atoms with van der Waals surface area (Å²) in [6, 6.07) is 0. The van der Waals surface area contributed by atoms with Gasteiger partial charge in [-0.25, -0.2) is 0 Å². The Balaban J connectivity index is 1.50. The molecule has 0 N–H and O–H groups in total. The third-order valence-electron chi connectivity index (χ3n) is 7.33. The minimum Gasteiger partial charge on any atom is -0.371 e. The summed E-state index contributed by atoms with van der Waals surface area (Å²) < 4.78 is 26.2. The number of ether oxygens (including phenoxy) is 4. The van der Waals surface area contributed by atoms with Crippen molar-refractivity contribution in [2.45, 2.75) is 73.4 Å². The number of alkyl halides is 2. The van der Waals surface area contributed by atoms with Crippen molar-refractivity contribution in [3.8, 4) is 0 Å². The molecule has 3 aliphatic carbocycles. The van der Waals surface area contributed by atoms with Crippen LogP contribution in [-0.4, -0.2) is 52.1 Å². The number of hydrogen-bond acceptors (Lipinski definition) is 4. The summed E-state index contributed by atoms with van der Waals surface area (Å²) in [4.78, 5) is 0.467. The van der Waals surface area contributed by atoms with Gasteiger partial charge in [0.2, 0.25) is 0 Å². The number of halogens is 2. The van der Waals surface area contributed by atoms with Crippen LogP contribution in [0.5, 0.6) is 0 Å². The van der Waals surface area contributed by atoms with Crippen LogP contribution in [0.4, 0.5) is 0 Å². The third kappa shape index (κ3) is 1.59. The van der Waals surface area contributed by atoms with Crippen LogP contribution >= 0.6 is 31.9 Å². The first-order chi connectivity index (χ1) is 11.0. The lowest BCUT2D eigenvalue weighted by Crippen LogP contribution is -2.63. The molecule has 0 amide bonds. The maximum atomic E-state index is 6.59. The zero-order valence-corrected chi connectivity index (χ0v) is 16.5. The monoisotopic (exact) mass is 448 g/mol. The van der Waals surface area contributed by atoms with Crippen molar-refractivity contribution in [3.05, 3.63) is 0 Å². The Morgan fingerprint density at radius 2 is 1.87 bits per heavy atom. The van der Waals surface area contributed by atoms with E-state index in [0.29, 0.717) is 34.6 Å². The van der Waals surface area contributed by atoms with E-state index in [1.165, 1.54) is 6.42 Å². The van der Waals surface area contributed by atoms with Gasteiger partial charge in [0.05, 0.1) is 24.4 Å². The Kier molecular flexibility index (Phi) is 2.83. The van der Waals surface area contributed by atoms with E-state index in [9.17, 15) is 0 Å². The van der Waals surface area contributed by atoms with E-state index in [-0.39, 0.29) is 30.0 Å². The smallest absolute Gasteiger partial charge is 0.164 e. The van der Waals surface area contributed by atoms with Gasteiger partial charge in [-0.15, -0.1) is 0 Å². The van der Waals surface area contributed by atoms with Crippen molar-refractivity contribution in [2.24, 2.45) is 23.7 Å². The molecular weight excluding hydrogens is 428 g/mol. The lowest BCUT2D eigenvalue weighted by atomic mass is 9.62. The third-order valence-corrected chi connectivity index (χ3v) is 9.25. The van der Waals surface area contributed by atoms with Gasteiger partial charge in [0, 0.05) is 16.6 Å². The average Bonchev–Trinajstić information content (AvgIpc) is 3.20. The molecule has 0 aromatic heterocycles. The molecule has 23 heavy (non-hydrogen) atoms. The Bertz CT molecular complexity index is 571. The Morgan fingerprint density at radius 3 is 2.65 bits per heavy atom. The van der Waals surface area contributed by atoms with E-state index in [1.54, 1.807) is 0 Å². The van der Waals surface area contributed by atoms with Crippen molar-refractivity contribution in [2.75, 3.05) is 5.33 Å². The first-order valence-corrected chi connectivity index (χ1v) is 10.9. The first kappa shape index (κ1) is 14.9. The van der Waals surface area contributed by atoms with Crippen LogP contribution in [0.15, 0.2) is 0 Å². The van der Waals surface area contributed by atoms with Crippen molar-refractivity contribution in [3.63, 3.8) is 0 Å². The van der Waals surface area contributed by atoms with Gasteiger partial charge in [0.1, 0.15) is 11.7 Å². The zero-order chi connectivity index (χ0) is 15.7. The van der Waals surface area contributed by atoms with Gasteiger partial charge in [-0.1, -0.05) is 31.9 Å². The summed E-state index contributed by atoms with van der Waals surface area (Å²) in [5, 5.41) is 0.860. The standard InChI is InChI=1S/C17H22Br2O4/c1-16(2)22-15-13-9-8-3-7(11(19)12(8)21-13)10(9)14-17(15,23-16)4-6(5-18)20-14/h6-15H,3-5H2,1-2H3/t6-,7+,8-,9-,10+,11+,12+,13-,14+,15+,17-/m1/s1. The fourth-order valence-corrected chi connectivity index (χ4v) is 8.47. The van der Waals surface area contributed by atoms with Crippen LogP contribution in [0.1, 0.15) is 26.7 Å². The Labute approximate surface area is 153 Å². The molecule has 0 aromatic rings. The summed E-state index contributed by atoms with van der Waals surface area (Å²) in [7, 11) is 0. The highest BCUT2D eigenvalue weighted by molar-refractivity contribution is 9.09. The molecule has 6 fully saturated rings. The fraction of sp³-hybridized carbons (Fsp3) is 1.00. The fourth-order valence-electron chi connectivity index (χ4n) is 7.00. The molecule has 3 heterocycles. The summed E-state index contributed by atoms with van der Waals surface area (Å²) in [6.45, 7) is 4.07. The highest BCUT2D eigenvalue weighted by Gasteiger charge is 2.79. The molecule has 6 aliphatic rings. The van der Waals surface area contributed by atoms with E-state index < -0.39 is 5.79 Å². The predicted octanol–water partition coefficient (Wildman–Crippen LogP) is 2.86. The lowest BCUT2D eigenvalue weighted by molar-refractivity contribution is -0.182. The molecule has 3 aliphatic heterocycles. The van der Waals surface area contributed by atoms with Crippen molar-refractivity contribution < 1.29 is 18.9 Å². The zero-order valence-electron chi connectivity index (χ0n) is 13.3. The molecule has 11 atom stereocenters. The van der Waals surface area contributed by atoms with Crippen LogP contribution in [0.3, 0.4) is 0 Å². The van der Waals surface area contributed by atoms with Crippen molar-refractivity contribution in [1.29, 1.82) is 0 Å². The van der Waals surface area contributed by atoms with Crippen molar-refractivity contribution in [1.82, 2.24) is 0 Å². The molecule has 0 radical (unpaired) electrons. The number of hydrogen-bond donors (Lipinski definition) is 0. The van der Waals surface area contributed by atoms with Crippen LogP contribution in [-0.2, 0) is 18.9 Å².